The number of aromatic hydroxyl groups is 1. The molecule has 0 bridgehead atoms. The van der Waals surface area contributed by atoms with Crippen LogP contribution in [0.5, 0.6) is 5.75 Å². The number of nitriles is 1. The molecule has 0 spiro atoms. The van der Waals surface area contributed by atoms with E-state index in [1.807, 2.05) is 6.07 Å². The van der Waals surface area contributed by atoms with Crippen LogP contribution in [-0.4, -0.2) is 5.11 Å². The van der Waals surface area contributed by atoms with Gasteiger partial charge in [0, 0.05) is 5.56 Å². The number of benzene rings is 1. The summed E-state index contributed by atoms with van der Waals surface area (Å²) >= 11 is 0. The normalized spacial score (nSPS) is 14.5. The van der Waals surface area contributed by atoms with Crippen molar-refractivity contribution in [1.82, 2.24) is 0 Å². The van der Waals surface area contributed by atoms with Gasteiger partial charge < -0.3 is 5.11 Å². The fourth-order valence-electron chi connectivity index (χ4n) is 2.08. The summed E-state index contributed by atoms with van der Waals surface area (Å²) in [4.78, 5) is 0. The van der Waals surface area contributed by atoms with Crippen molar-refractivity contribution in [3.63, 3.8) is 0 Å². The van der Waals surface area contributed by atoms with Crippen molar-refractivity contribution in [2.75, 3.05) is 0 Å². The van der Waals surface area contributed by atoms with Crippen LogP contribution in [0.1, 0.15) is 29.5 Å². The maximum absolute atomic E-state index is 9.91. The second kappa shape index (κ2) is 3.71. The van der Waals surface area contributed by atoms with E-state index in [0.29, 0.717) is 12.2 Å². The number of phenols is 1. The molecule has 0 saturated heterocycles. The molecular weight excluding hydrogens is 174 g/mol. The summed E-state index contributed by atoms with van der Waals surface area (Å²) in [5, 5.41) is 18.5. The first-order valence-corrected chi connectivity index (χ1v) is 5.02. The Morgan fingerprint density at radius 2 is 2.07 bits per heavy atom. The highest BCUT2D eigenvalue weighted by Crippen LogP contribution is 2.31. The quantitative estimate of drug-likeness (QED) is 0.733. The van der Waals surface area contributed by atoms with E-state index in [1.54, 1.807) is 0 Å². The average molecular weight is 187 g/mol. The topological polar surface area (TPSA) is 44.0 Å². The largest absolute Gasteiger partial charge is 0.507 e. The van der Waals surface area contributed by atoms with Crippen LogP contribution in [0.4, 0.5) is 0 Å². The van der Waals surface area contributed by atoms with Crippen LogP contribution in [0.15, 0.2) is 12.1 Å². The number of hydrogen-bond donors (Lipinski definition) is 1. The van der Waals surface area contributed by atoms with Crippen molar-refractivity contribution in [3.05, 3.63) is 28.8 Å². The summed E-state index contributed by atoms with van der Waals surface area (Å²) in [6.45, 7) is 0. The second-order valence-electron chi connectivity index (χ2n) is 3.75. The van der Waals surface area contributed by atoms with Gasteiger partial charge in [-0.05, 0) is 36.8 Å². The Bertz CT molecular complexity index is 390. The lowest BCUT2D eigenvalue weighted by atomic mass is 9.89. The molecule has 1 aliphatic carbocycles. The predicted molar refractivity (Wildman–Crippen MR) is 54.1 cm³/mol. The fraction of sp³-hybridized carbons (Fsp3) is 0.417. The van der Waals surface area contributed by atoms with Crippen molar-refractivity contribution in [2.24, 2.45) is 0 Å². The monoisotopic (exact) mass is 187 g/mol. The SMILES string of the molecule is N#CCc1ccc2c(c1O)CCCC2. The first kappa shape index (κ1) is 9.08. The first-order chi connectivity index (χ1) is 6.83. The standard InChI is InChI=1S/C12H13NO/c13-8-7-10-6-5-9-3-1-2-4-11(9)12(10)14/h5-6,14H,1-4,7H2. The van der Waals surface area contributed by atoms with Gasteiger partial charge in [0.2, 0.25) is 0 Å². The van der Waals surface area contributed by atoms with Crippen molar-refractivity contribution in [2.45, 2.75) is 32.1 Å². The van der Waals surface area contributed by atoms with Gasteiger partial charge in [0.1, 0.15) is 5.75 Å². The van der Waals surface area contributed by atoms with Crippen LogP contribution in [0.2, 0.25) is 0 Å². The highest BCUT2D eigenvalue weighted by atomic mass is 16.3. The highest BCUT2D eigenvalue weighted by Gasteiger charge is 2.15. The number of rotatable bonds is 1. The van der Waals surface area contributed by atoms with Gasteiger partial charge >= 0.3 is 0 Å². The molecule has 14 heavy (non-hydrogen) atoms. The molecule has 0 fully saturated rings. The van der Waals surface area contributed by atoms with Crippen LogP contribution in [0.25, 0.3) is 0 Å². The molecular formula is C12H13NO. The smallest absolute Gasteiger partial charge is 0.123 e. The maximum atomic E-state index is 9.91. The van der Waals surface area contributed by atoms with Gasteiger partial charge in [0.05, 0.1) is 12.5 Å². The zero-order chi connectivity index (χ0) is 9.97. The van der Waals surface area contributed by atoms with Gasteiger partial charge in [-0.25, -0.2) is 0 Å². The molecule has 0 amide bonds. The first-order valence-electron chi connectivity index (χ1n) is 5.02. The van der Waals surface area contributed by atoms with E-state index in [9.17, 15) is 5.11 Å². The van der Waals surface area contributed by atoms with E-state index in [2.05, 4.69) is 12.1 Å². The van der Waals surface area contributed by atoms with Crippen LogP contribution in [0, 0.1) is 11.3 Å². The van der Waals surface area contributed by atoms with E-state index in [0.717, 1.165) is 30.4 Å². The number of phenolic OH excluding ortho intramolecular Hbond substituents is 1. The molecule has 1 aromatic rings. The van der Waals surface area contributed by atoms with E-state index < -0.39 is 0 Å². The van der Waals surface area contributed by atoms with Crippen LogP contribution >= 0.6 is 0 Å². The van der Waals surface area contributed by atoms with Gasteiger partial charge in [-0.15, -0.1) is 0 Å². The van der Waals surface area contributed by atoms with Crippen molar-refractivity contribution < 1.29 is 5.11 Å². The Balaban J connectivity index is 2.44. The molecule has 1 aliphatic rings. The predicted octanol–water partition coefficient (Wildman–Crippen LogP) is 2.34. The molecule has 2 heteroatoms. The number of hydrogen-bond acceptors (Lipinski definition) is 2. The molecule has 0 unspecified atom stereocenters. The van der Waals surface area contributed by atoms with Gasteiger partial charge in [0.15, 0.2) is 0 Å². The average Bonchev–Trinajstić information content (AvgIpc) is 2.23. The van der Waals surface area contributed by atoms with Gasteiger partial charge in [-0.2, -0.15) is 5.26 Å². The number of nitrogens with zero attached hydrogens (tertiary/aromatic N) is 1. The lowest BCUT2D eigenvalue weighted by Gasteiger charge is -2.18. The van der Waals surface area contributed by atoms with Crippen molar-refractivity contribution >= 4 is 0 Å². The molecule has 2 rings (SSSR count). The highest BCUT2D eigenvalue weighted by molar-refractivity contribution is 5.47. The summed E-state index contributed by atoms with van der Waals surface area (Å²) in [6, 6.07) is 6.01. The van der Waals surface area contributed by atoms with Crippen LogP contribution in [-0.2, 0) is 19.3 Å². The summed E-state index contributed by atoms with van der Waals surface area (Å²) < 4.78 is 0. The molecule has 0 heterocycles. The number of fused-ring (bicyclic) bond motifs is 1. The Hall–Kier alpha value is -1.49. The minimum absolute atomic E-state index is 0.305. The second-order valence-corrected chi connectivity index (χ2v) is 3.75. The maximum Gasteiger partial charge on any atom is 0.123 e. The third-order valence-corrected chi connectivity index (χ3v) is 2.86. The van der Waals surface area contributed by atoms with E-state index in [-0.39, 0.29) is 0 Å². The van der Waals surface area contributed by atoms with Crippen LogP contribution < -0.4 is 0 Å². The van der Waals surface area contributed by atoms with E-state index >= 15 is 0 Å². The van der Waals surface area contributed by atoms with Crippen molar-refractivity contribution in [3.8, 4) is 11.8 Å². The summed E-state index contributed by atoms with van der Waals surface area (Å²) in [6.07, 6.45) is 4.69. The van der Waals surface area contributed by atoms with E-state index in [1.165, 1.54) is 12.0 Å². The fourth-order valence-corrected chi connectivity index (χ4v) is 2.08. The zero-order valence-corrected chi connectivity index (χ0v) is 8.08. The van der Waals surface area contributed by atoms with E-state index in [4.69, 9.17) is 5.26 Å². The Labute approximate surface area is 83.8 Å². The molecule has 0 saturated carbocycles. The molecule has 0 aromatic heterocycles. The molecule has 1 aromatic carbocycles. The summed E-state index contributed by atoms with van der Waals surface area (Å²) in [7, 11) is 0. The minimum atomic E-state index is 0.305. The lowest BCUT2D eigenvalue weighted by Crippen LogP contribution is -2.04. The Kier molecular flexibility index (Phi) is 2.41. The van der Waals surface area contributed by atoms with Gasteiger partial charge in [-0.3, -0.25) is 0 Å². The number of aryl methyl sites for hydroxylation is 1. The molecule has 0 radical (unpaired) electrons. The zero-order valence-electron chi connectivity index (χ0n) is 8.08. The molecule has 0 aliphatic heterocycles. The van der Waals surface area contributed by atoms with Gasteiger partial charge in [0.25, 0.3) is 0 Å². The summed E-state index contributed by atoms with van der Waals surface area (Å²) in [5.74, 6) is 0.365. The molecule has 2 nitrogen and oxygen atoms in total. The minimum Gasteiger partial charge on any atom is -0.507 e. The van der Waals surface area contributed by atoms with Crippen molar-refractivity contribution in [1.29, 1.82) is 5.26 Å². The Morgan fingerprint density at radius 3 is 2.86 bits per heavy atom. The lowest BCUT2D eigenvalue weighted by molar-refractivity contribution is 0.456. The molecule has 72 valence electrons. The summed E-state index contributed by atoms with van der Waals surface area (Å²) in [5.41, 5.74) is 3.10. The van der Waals surface area contributed by atoms with Gasteiger partial charge in [-0.1, -0.05) is 12.1 Å². The Morgan fingerprint density at radius 1 is 1.29 bits per heavy atom. The van der Waals surface area contributed by atoms with Crippen LogP contribution in [0.3, 0.4) is 0 Å². The third kappa shape index (κ3) is 1.46. The molecule has 1 N–H and O–H groups in total. The third-order valence-electron chi connectivity index (χ3n) is 2.86. The molecule has 0 atom stereocenters.